The molecule has 0 radical (unpaired) electrons. The molecule has 58 valence electrons. The number of rotatable bonds is 4. The van der Waals surface area contributed by atoms with E-state index in [0.29, 0.717) is 0 Å². The van der Waals surface area contributed by atoms with E-state index in [-0.39, 0.29) is 6.04 Å². The second-order valence-electron chi connectivity index (χ2n) is 1.71. The van der Waals surface area contributed by atoms with E-state index in [4.69, 9.17) is 5.84 Å². The fraction of sp³-hybridized carbons (Fsp3) is 0.400. The molecule has 1 unspecified atom stereocenters. The molecule has 0 saturated carbocycles. The first kappa shape index (κ1) is 9.86. The van der Waals surface area contributed by atoms with E-state index in [2.05, 4.69) is 17.2 Å². The zero-order valence-electron chi connectivity index (χ0n) is 5.79. The van der Waals surface area contributed by atoms with Crippen molar-refractivity contribution in [3.63, 3.8) is 0 Å². The first-order valence-corrected chi connectivity index (χ1v) is 4.00. The molecule has 3 N–H and O–H groups in total. The maximum absolute atomic E-state index is 5.45. The van der Waals surface area contributed by atoms with Crippen molar-refractivity contribution in [2.75, 3.05) is 0 Å². The summed E-state index contributed by atoms with van der Waals surface area (Å²) >= 11 is 1.99. The minimum atomic E-state index is 0.0695. The standard InChI is InChI=1S/C5H11IN4/c1-3-5(2)10(7)9-8-4-6/h3-5,9H,1,7H2,2H3/b8-4+. The van der Waals surface area contributed by atoms with Gasteiger partial charge in [0.25, 0.3) is 0 Å². The Labute approximate surface area is 74.2 Å². The quantitative estimate of drug-likeness (QED) is 0.254. The third-order valence-corrected chi connectivity index (χ3v) is 1.28. The topological polar surface area (TPSA) is 53.6 Å². The van der Waals surface area contributed by atoms with Crippen molar-refractivity contribution in [1.82, 2.24) is 10.7 Å². The molecular weight excluding hydrogens is 243 g/mol. The van der Waals surface area contributed by atoms with Gasteiger partial charge in [0, 0.05) is 0 Å². The van der Waals surface area contributed by atoms with E-state index >= 15 is 0 Å². The molecule has 0 aliphatic heterocycles. The lowest BCUT2D eigenvalue weighted by atomic mass is 10.4. The molecule has 0 fully saturated rings. The highest BCUT2D eigenvalue weighted by Gasteiger charge is 2.01. The predicted molar refractivity (Wildman–Crippen MR) is 51.3 cm³/mol. The number of halogens is 1. The van der Waals surface area contributed by atoms with Crippen LogP contribution in [0.3, 0.4) is 0 Å². The summed E-state index contributed by atoms with van der Waals surface area (Å²) < 4.78 is 1.59. The smallest absolute Gasteiger partial charge is 0.0867 e. The minimum Gasteiger partial charge on any atom is -0.249 e. The Balaban J connectivity index is 3.60. The minimum absolute atomic E-state index is 0.0695. The normalized spacial score (nSPS) is 14.0. The Morgan fingerprint density at radius 3 is 2.90 bits per heavy atom. The highest BCUT2D eigenvalue weighted by Crippen LogP contribution is 1.87. The lowest BCUT2D eigenvalue weighted by Gasteiger charge is -2.18. The molecule has 4 nitrogen and oxygen atoms in total. The van der Waals surface area contributed by atoms with Crippen molar-refractivity contribution in [1.29, 1.82) is 0 Å². The molecule has 0 spiro atoms. The number of nitrogens with one attached hydrogen (secondary N) is 1. The second kappa shape index (κ2) is 5.63. The summed E-state index contributed by atoms with van der Waals surface area (Å²) in [7, 11) is 0. The van der Waals surface area contributed by atoms with E-state index in [1.165, 1.54) is 5.12 Å². The van der Waals surface area contributed by atoms with Crippen molar-refractivity contribution >= 4 is 26.8 Å². The van der Waals surface area contributed by atoms with Crippen LogP contribution >= 0.6 is 22.6 Å². The van der Waals surface area contributed by atoms with Gasteiger partial charge < -0.3 is 0 Å². The predicted octanol–water partition coefficient (Wildman–Crippen LogP) is 0.620. The molecule has 0 aliphatic carbocycles. The first-order valence-electron chi connectivity index (χ1n) is 2.76. The lowest BCUT2D eigenvalue weighted by Crippen LogP contribution is -2.46. The molecule has 0 heterocycles. The zero-order valence-corrected chi connectivity index (χ0v) is 7.95. The van der Waals surface area contributed by atoms with Crippen molar-refractivity contribution in [2.24, 2.45) is 10.9 Å². The Kier molecular flexibility index (Phi) is 5.55. The molecule has 10 heavy (non-hydrogen) atoms. The SMILES string of the molecule is C=CC(C)N(N)N/N=C/I. The molecule has 5 heteroatoms. The molecule has 0 rings (SSSR count). The summed E-state index contributed by atoms with van der Waals surface area (Å²) in [5, 5.41) is 5.07. The summed E-state index contributed by atoms with van der Waals surface area (Å²) in [6, 6.07) is 0.0695. The highest BCUT2D eigenvalue weighted by molar-refractivity contribution is 14.1. The van der Waals surface area contributed by atoms with Crippen LogP contribution in [-0.2, 0) is 0 Å². The molecule has 0 bridgehead atoms. The Morgan fingerprint density at radius 1 is 1.90 bits per heavy atom. The third-order valence-electron chi connectivity index (χ3n) is 1.00. The van der Waals surface area contributed by atoms with Gasteiger partial charge in [0.05, 0.1) is 10.3 Å². The number of hydrazone groups is 1. The monoisotopic (exact) mass is 254 g/mol. The van der Waals surface area contributed by atoms with Crippen LogP contribution in [0.2, 0.25) is 0 Å². The van der Waals surface area contributed by atoms with Crippen LogP contribution in [0.4, 0.5) is 0 Å². The molecule has 0 aliphatic rings. The number of nitrogens with zero attached hydrogens (tertiary/aromatic N) is 2. The molecule has 0 amide bonds. The summed E-state index contributed by atoms with van der Waals surface area (Å²) in [5.74, 6) is 5.45. The van der Waals surface area contributed by atoms with Crippen molar-refractivity contribution in [2.45, 2.75) is 13.0 Å². The molecule has 0 aromatic rings. The van der Waals surface area contributed by atoms with E-state index in [1.807, 2.05) is 29.5 Å². The summed E-state index contributed by atoms with van der Waals surface area (Å²) in [6.45, 7) is 5.48. The van der Waals surface area contributed by atoms with Gasteiger partial charge in [0.15, 0.2) is 0 Å². The van der Waals surface area contributed by atoms with Gasteiger partial charge in [-0.05, 0) is 29.5 Å². The van der Waals surface area contributed by atoms with Crippen LogP contribution in [-0.4, -0.2) is 15.4 Å². The average Bonchev–Trinajstić information content (AvgIpc) is 1.98. The Bertz CT molecular complexity index is 125. The van der Waals surface area contributed by atoms with Gasteiger partial charge in [-0.25, -0.2) is 11.4 Å². The molecular formula is C5H11IN4. The van der Waals surface area contributed by atoms with E-state index in [0.717, 1.165) is 0 Å². The van der Waals surface area contributed by atoms with Crippen LogP contribution in [0.25, 0.3) is 0 Å². The summed E-state index contributed by atoms with van der Waals surface area (Å²) in [6.07, 6.45) is 1.72. The van der Waals surface area contributed by atoms with Crippen molar-refractivity contribution in [3.05, 3.63) is 12.7 Å². The van der Waals surface area contributed by atoms with Gasteiger partial charge in [0.2, 0.25) is 0 Å². The first-order chi connectivity index (χ1) is 4.72. The van der Waals surface area contributed by atoms with Crippen LogP contribution in [0.1, 0.15) is 6.92 Å². The van der Waals surface area contributed by atoms with Crippen molar-refractivity contribution < 1.29 is 0 Å². The lowest BCUT2D eigenvalue weighted by molar-refractivity contribution is 0.167. The van der Waals surface area contributed by atoms with Gasteiger partial charge in [-0.1, -0.05) is 6.08 Å². The van der Waals surface area contributed by atoms with Crippen molar-refractivity contribution in [3.8, 4) is 0 Å². The fourth-order valence-electron chi connectivity index (χ4n) is 0.293. The van der Waals surface area contributed by atoms with Crippen LogP contribution in [0, 0.1) is 0 Å². The highest BCUT2D eigenvalue weighted by atomic mass is 127. The fourth-order valence-corrected chi connectivity index (χ4v) is 0.418. The second-order valence-corrected chi connectivity index (χ2v) is 2.27. The van der Waals surface area contributed by atoms with Gasteiger partial charge in [-0.2, -0.15) is 5.10 Å². The van der Waals surface area contributed by atoms with E-state index in [1.54, 1.807) is 10.3 Å². The molecule has 0 saturated heterocycles. The van der Waals surface area contributed by atoms with Gasteiger partial charge in [-0.15, -0.1) is 11.7 Å². The largest absolute Gasteiger partial charge is 0.249 e. The van der Waals surface area contributed by atoms with Gasteiger partial charge in [0.1, 0.15) is 0 Å². The maximum Gasteiger partial charge on any atom is 0.0867 e. The number of hydrazine groups is 2. The number of hydrogen-bond acceptors (Lipinski definition) is 4. The molecule has 0 aromatic carbocycles. The van der Waals surface area contributed by atoms with Gasteiger partial charge in [-0.3, -0.25) is 0 Å². The average molecular weight is 254 g/mol. The summed E-state index contributed by atoms with van der Waals surface area (Å²) in [4.78, 5) is 0. The van der Waals surface area contributed by atoms with Crippen LogP contribution in [0.15, 0.2) is 17.8 Å². The molecule has 0 aromatic heterocycles. The molecule has 1 atom stereocenters. The van der Waals surface area contributed by atoms with Crippen LogP contribution in [0.5, 0.6) is 0 Å². The number of nitrogens with two attached hydrogens (primary N) is 1. The number of hydrogen-bond donors (Lipinski definition) is 2. The van der Waals surface area contributed by atoms with Gasteiger partial charge >= 0.3 is 0 Å². The maximum atomic E-state index is 5.45. The third kappa shape index (κ3) is 3.80. The Morgan fingerprint density at radius 2 is 2.50 bits per heavy atom. The van der Waals surface area contributed by atoms with E-state index < -0.39 is 0 Å². The van der Waals surface area contributed by atoms with Crippen LogP contribution < -0.4 is 11.4 Å². The summed E-state index contributed by atoms with van der Waals surface area (Å²) in [5.41, 5.74) is 2.58. The Hall–Kier alpha value is -0.140. The zero-order chi connectivity index (χ0) is 7.98. The van der Waals surface area contributed by atoms with E-state index in [9.17, 15) is 0 Å².